The van der Waals surface area contributed by atoms with Crippen LogP contribution in [-0.2, 0) is 36.8 Å². The lowest BCUT2D eigenvalue weighted by Crippen LogP contribution is -2.62. The summed E-state index contributed by atoms with van der Waals surface area (Å²) < 4.78 is 10.2. The number of ether oxygens (including phenoxy) is 2. The number of hydrogen-bond acceptors (Lipinski definition) is 8. The normalized spacial score (nSPS) is 11.2. The third-order valence-electron chi connectivity index (χ3n) is 4.69. The summed E-state index contributed by atoms with van der Waals surface area (Å²) in [6.07, 6.45) is -0.406. The third kappa shape index (κ3) is 8.13. The smallest absolute Gasteiger partial charge is 0.344 e. The number of nitrogens with one attached hydrogen (secondary N) is 1. The summed E-state index contributed by atoms with van der Waals surface area (Å²) in [6.45, 7) is 5.43. The van der Waals surface area contributed by atoms with Crippen LogP contribution in [0, 0.1) is 10.1 Å². The van der Waals surface area contributed by atoms with Crippen molar-refractivity contribution >= 4 is 46.7 Å². The standard InChI is InChI=1S/C21H29Cl2N3O7/c1-4-32-19(28)21(24-15(3)27,20(29)33-5-2)13-17-12-18(26(30)31)7-6-16(17)14-25(10-8-22)11-9-23/h6-7,12H,4-5,8-11,13-14H2,1-3H3,(H,24,27). The van der Waals surface area contributed by atoms with Gasteiger partial charge in [0.1, 0.15) is 0 Å². The van der Waals surface area contributed by atoms with Gasteiger partial charge in [0.2, 0.25) is 11.4 Å². The van der Waals surface area contributed by atoms with Gasteiger partial charge in [-0.25, -0.2) is 9.59 Å². The maximum Gasteiger partial charge on any atom is 0.344 e. The molecule has 10 nitrogen and oxygen atoms in total. The van der Waals surface area contributed by atoms with Crippen molar-refractivity contribution in [3.63, 3.8) is 0 Å². The van der Waals surface area contributed by atoms with Crippen LogP contribution in [0.5, 0.6) is 0 Å². The summed E-state index contributed by atoms with van der Waals surface area (Å²) in [5, 5.41) is 13.8. The summed E-state index contributed by atoms with van der Waals surface area (Å²) >= 11 is 11.8. The molecule has 0 fully saturated rings. The molecule has 1 aromatic rings. The van der Waals surface area contributed by atoms with Crippen LogP contribution in [0.25, 0.3) is 0 Å². The molecule has 0 bridgehead atoms. The molecular weight excluding hydrogens is 477 g/mol. The van der Waals surface area contributed by atoms with Gasteiger partial charge in [-0.1, -0.05) is 6.07 Å². The van der Waals surface area contributed by atoms with E-state index in [0.29, 0.717) is 42.5 Å². The molecule has 0 heterocycles. The van der Waals surface area contributed by atoms with Crippen LogP contribution in [0.1, 0.15) is 31.9 Å². The van der Waals surface area contributed by atoms with Crippen LogP contribution in [-0.4, -0.2) is 71.3 Å². The van der Waals surface area contributed by atoms with Crippen molar-refractivity contribution in [2.45, 2.75) is 39.3 Å². The number of carbonyl (C=O) groups is 3. The zero-order valence-electron chi connectivity index (χ0n) is 18.9. The van der Waals surface area contributed by atoms with Gasteiger partial charge >= 0.3 is 11.9 Å². The van der Waals surface area contributed by atoms with Crippen LogP contribution in [0.2, 0.25) is 0 Å². The highest BCUT2D eigenvalue weighted by atomic mass is 35.5. The first-order chi connectivity index (χ1) is 15.6. The van der Waals surface area contributed by atoms with E-state index in [-0.39, 0.29) is 18.9 Å². The van der Waals surface area contributed by atoms with Gasteiger partial charge in [0, 0.05) is 56.9 Å². The Labute approximate surface area is 202 Å². The van der Waals surface area contributed by atoms with Crippen molar-refractivity contribution in [3.05, 3.63) is 39.4 Å². The molecule has 184 valence electrons. The van der Waals surface area contributed by atoms with Gasteiger partial charge in [0.25, 0.3) is 5.69 Å². The second-order valence-electron chi connectivity index (χ2n) is 7.07. The number of benzene rings is 1. The Morgan fingerprint density at radius 3 is 2.03 bits per heavy atom. The lowest BCUT2D eigenvalue weighted by atomic mass is 9.87. The molecule has 0 saturated carbocycles. The lowest BCUT2D eigenvalue weighted by molar-refractivity contribution is -0.384. The zero-order chi connectivity index (χ0) is 25.0. The number of rotatable bonds is 14. The van der Waals surface area contributed by atoms with Gasteiger partial charge in [0.15, 0.2) is 0 Å². The topological polar surface area (TPSA) is 128 Å². The number of carbonyl (C=O) groups excluding carboxylic acids is 3. The number of nitrogens with zero attached hydrogens (tertiary/aromatic N) is 2. The summed E-state index contributed by atoms with van der Waals surface area (Å²) in [5.74, 6) is -2.04. The van der Waals surface area contributed by atoms with Gasteiger partial charge in [-0.05, 0) is 25.0 Å². The van der Waals surface area contributed by atoms with Gasteiger partial charge < -0.3 is 14.8 Å². The van der Waals surface area contributed by atoms with E-state index in [1.807, 2.05) is 4.90 Å². The predicted molar refractivity (Wildman–Crippen MR) is 123 cm³/mol. The fraction of sp³-hybridized carbons (Fsp3) is 0.571. The van der Waals surface area contributed by atoms with Crippen molar-refractivity contribution in [1.82, 2.24) is 10.2 Å². The largest absolute Gasteiger partial charge is 0.464 e. The first kappa shape index (κ1) is 28.6. The summed E-state index contributed by atoms with van der Waals surface area (Å²) in [7, 11) is 0. The van der Waals surface area contributed by atoms with E-state index >= 15 is 0 Å². The maximum atomic E-state index is 13.0. The molecule has 1 aromatic carbocycles. The molecule has 0 atom stereocenters. The Balaban J connectivity index is 3.64. The SMILES string of the molecule is CCOC(=O)C(Cc1cc([N+](=O)[O-])ccc1CN(CCCl)CCCl)(NC(C)=O)C(=O)OCC. The number of hydrogen-bond donors (Lipinski definition) is 1. The highest BCUT2D eigenvalue weighted by Crippen LogP contribution is 2.26. The number of non-ortho nitro benzene ring substituents is 1. The van der Waals surface area contributed by atoms with Gasteiger partial charge in [-0.3, -0.25) is 19.8 Å². The first-order valence-corrected chi connectivity index (χ1v) is 11.5. The van der Waals surface area contributed by atoms with E-state index in [1.165, 1.54) is 18.2 Å². The monoisotopic (exact) mass is 505 g/mol. The Hall–Kier alpha value is -2.43. The van der Waals surface area contributed by atoms with Crippen LogP contribution < -0.4 is 5.32 Å². The van der Waals surface area contributed by atoms with E-state index in [1.54, 1.807) is 13.8 Å². The third-order valence-corrected chi connectivity index (χ3v) is 5.03. The minimum absolute atomic E-state index is 0.0550. The summed E-state index contributed by atoms with van der Waals surface area (Å²) in [6, 6.07) is 4.13. The Morgan fingerprint density at radius 1 is 1.06 bits per heavy atom. The zero-order valence-corrected chi connectivity index (χ0v) is 20.4. The molecule has 0 aromatic heterocycles. The Morgan fingerprint density at radius 2 is 1.61 bits per heavy atom. The molecule has 1 amide bonds. The van der Waals surface area contributed by atoms with E-state index in [2.05, 4.69) is 5.32 Å². The second kappa shape index (κ2) is 14.0. The summed E-state index contributed by atoms with van der Waals surface area (Å²) in [5.41, 5.74) is -1.56. The molecule has 0 spiro atoms. The average molecular weight is 506 g/mol. The molecule has 12 heteroatoms. The van der Waals surface area contributed by atoms with Crippen molar-refractivity contribution in [1.29, 1.82) is 0 Å². The van der Waals surface area contributed by atoms with Crippen LogP contribution in [0.3, 0.4) is 0 Å². The predicted octanol–water partition coefficient (Wildman–Crippen LogP) is 2.42. The molecule has 0 saturated heterocycles. The Kier molecular flexibility index (Phi) is 12.1. The highest BCUT2D eigenvalue weighted by Gasteiger charge is 2.50. The Bertz CT molecular complexity index is 827. The number of nitro groups is 1. The van der Waals surface area contributed by atoms with Crippen molar-refractivity contribution in [2.24, 2.45) is 0 Å². The average Bonchev–Trinajstić information content (AvgIpc) is 2.74. The fourth-order valence-electron chi connectivity index (χ4n) is 3.26. The quantitative estimate of drug-likeness (QED) is 0.134. The number of halogens is 2. The highest BCUT2D eigenvalue weighted by molar-refractivity contribution is 6.18. The molecule has 0 radical (unpaired) electrons. The molecule has 0 aliphatic rings. The molecule has 0 aliphatic carbocycles. The number of esters is 2. The molecule has 1 N–H and O–H groups in total. The first-order valence-electron chi connectivity index (χ1n) is 10.4. The van der Waals surface area contributed by atoms with Crippen molar-refractivity contribution in [2.75, 3.05) is 38.1 Å². The number of amides is 1. The second-order valence-corrected chi connectivity index (χ2v) is 7.82. The molecule has 0 unspecified atom stereocenters. The van der Waals surface area contributed by atoms with Crippen molar-refractivity contribution in [3.8, 4) is 0 Å². The number of nitro benzene ring substituents is 1. The van der Waals surface area contributed by atoms with E-state index < -0.39 is 34.7 Å². The van der Waals surface area contributed by atoms with E-state index in [9.17, 15) is 24.5 Å². The lowest BCUT2D eigenvalue weighted by Gasteiger charge is -2.31. The minimum atomic E-state index is -2.22. The van der Waals surface area contributed by atoms with E-state index in [4.69, 9.17) is 32.7 Å². The minimum Gasteiger partial charge on any atom is -0.464 e. The van der Waals surface area contributed by atoms with Crippen LogP contribution >= 0.6 is 23.2 Å². The molecule has 1 rings (SSSR count). The molecule has 33 heavy (non-hydrogen) atoms. The maximum absolute atomic E-state index is 13.0. The van der Waals surface area contributed by atoms with Gasteiger partial charge in [-0.2, -0.15) is 0 Å². The van der Waals surface area contributed by atoms with Gasteiger partial charge in [0.05, 0.1) is 18.1 Å². The summed E-state index contributed by atoms with van der Waals surface area (Å²) in [4.78, 5) is 50.7. The fourth-order valence-corrected chi connectivity index (χ4v) is 3.74. The van der Waals surface area contributed by atoms with Gasteiger partial charge in [-0.15, -0.1) is 23.2 Å². The number of alkyl halides is 2. The van der Waals surface area contributed by atoms with Crippen molar-refractivity contribution < 1.29 is 28.8 Å². The van der Waals surface area contributed by atoms with Crippen LogP contribution in [0.4, 0.5) is 5.69 Å². The molecule has 0 aliphatic heterocycles. The van der Waals surface area contributed by atoms with E-state index in [0.717, 1.165) is 6.92 Å². The van der Waals surface area contributed by atoms with Crippen LogP contribution in [0.15, 0.2) is 18.2 Å². The molecular formula is C21H29Cl2N3O7.